The van der Waals surface area contributed by atoms with Gasteiger partial charge in [-0.1, -0.05) is 94.5 Å². The Balaban J connectivity index is 0.00000484. The predicted molar refractivity (Wildman–Crippen MR) is 177 cm³/mol. The van der Waals surface area contributed by atoms with E-state index in [-0.39, 0.29) is 30.9 Å². The molecule has 2 aliphatic rings. The van der Waals surface area contributed by atoms with Crippen molar-refractivity contribution in [1.29, 1.82) is 0 Å². The maximum atomic E-state index is 13.4. The summed E-state index contributed by atoms with van der Waals surface area (Å²) in [6, 6.07) is 13.0. The quantitative estimate of drug-likeness (QED) is 0.221. The normalized spacial score (nSPS) is 17.0. The monoisotopic (exact) mass is 587 g/mol. The molecule has 0 radical (unpaired) electrons. The molecular weight excluding hydrogens is 537 g/mol. The van der Waals surface area contributed by atoms with E-state index in [0.29, 0.717) is 24.3 Å². The fourth-order valence-electron chi connectivity index (χ4n) is 6.74. The van der Waals surface area contributed by atoms with Gasteiger partial charge in [0.25, 0.3) is 5.91 Å². The Morgan fingerprint density at radius 3 is 2.12 bits per heavy atom. The van der Waals surface area contributed by atoms with Gasteiger partial charge >= 0.3 is 24.8 Å². The number of nitrogens with one attached hydrogen (secondary N) is 1. The summed E-state index contributed by atoms with van der Waals surface area (Å²) in [5.74, 6) is 0.869. The number of amides is 1. The van der Waals surface area contributed by atoms with Gasteiger partial charge in [0.05, 0.1) is 12.7 Å². The van der Waals surface area contributed by atoms with Gasteiger partial charge in [0, 0.05) is 5.56 Å². The van der Waals surface area contributed by atoms with E-state index in [2.05, 4.69) is 11.4 Å². The molecule has 7 heteroatoms. The molecular formula is C35H50LiNO4S. The number of carbonyl (C=O) groups excluding carboxylic acids is 1. The number of ether oxygens (including phenoxy) is 1. The van der Waals surface area contributed by atoms with Crippen molar-refractivity contribution in [3.63, 3.8) is 0 Å². The van der Waals surface area contributed by atoms with Gasteiger partial charge in [0.2, 0.25) is 0 Å². The fraction of sp³-hybridized carbons (Fsp3) is 0.600. The third-order valence-corrected chi connectivity index (χ3v) is 9.75. The average molecular weight is 588 g/mol. The summed E-state index contributed by atoms with van der Waals surface area (Å²) in [6.07, 6.45) is 18.4. The van der Waals surface area contributed by atoms with Gasteiger partial charge < -0.3 is 15.2 Å². The molecule has 2 N–H and O–H groups in total. The van der Waals surface area contributed by atoms with Gasteiger partial charge in [0.1, 0.15) is 6.04 Å². The Morgan fingerprint density at radius 2 is 1.55 bits per heavy atom. The first kappa shape index (κ1) is 34.8. The van der Waals surface area contributed by atoms with Crippen LogP contribution in [-0.2, 0) is 16.1 Å². The van der Waals surface area contributed by atoms with Crippen LogP contribution in [0.1, 0.15) is 105 Å². The van der Waals surface area contributed by atoms with Crippen LogP contribution >= 0.6 is 11.8 Å². The Hall–Kier alpha value is -1.71. The van der Waals surface area contributed by atoms with Crippen LogP contribution in [0.25, 0.3) is 11.1 Å². The molecule has 0 bridgehead atoms. The molecule has 5 nitrogen and oxygen atoms in total. The molecule has 0 saturated heterocycles. The van der Waals surface area contributed by atoms with Gasteiger partial charge in [0.15, 0.2) is 0 Å². The van der Waals surface area contributed by atoms with Crippen LogP contribution in [0.3, 0.4) is 0 Å². The van der Waals surface area contributed by atoms with Crippen molar-refractivity contribution >= 4 is 42.5 Å². The van der Waals surface area contributed by atoms with Crippen molar-refractivity contribution in [2.45, 2.75) is 109 Å². The number of rotatable bonds is 14. The Labute approximate surface area is 269 Å². The molecule has 226 valence electrons. The second-order valence-electron chi connectivity index (χ2n) is 12.3. The van der Waals surface area contributed by atoms with Crippen LogP contribution in [0, 0.1) is 18.8 Å². The van der Waals surface area contributed by atoms with Crippen LogP contribution in [0.2, 0.25) is 0 Å². The molecule has 2 aliphatic carbocycles. The van der Waals surface area contributed by atoms with E-state index in [1.807, 2.05) is 49.6 Å². The average Bonchev–Trinajstić information content (AvgIpc) is 2.99. The summed E-state index contributed by atoms with van der Waals surface area (Å²) in [7, 11) is 0. The third kappa shape index (κ3) is 10.5. The predicted octanol–water partition coefficient (Wildman–Crippen LogP) is 7.78. The molecule has 0 aromatic heterocycles. The number of carbonyl (C=O) groups is 2. The van der Waals surface area contributed by atoms with Crippen molar-refractivity contribution in [2.75, 3.05) is 12.0 Å². The maximum absolute atomic E-state index is 13.4. The number of hydrogen-bond acceptors (Lipinski definition) is 4. The van der Waals surface area contributed by atoms with Crippen molar-refractivity contribution in [3.8, 4) is 11.1 Å². The van der Waals surface area contributed by atoms with Gasteiger partial charge in [-0.05, 0) is 84.4 Å². The Kier molecular flexibility index (Phi) is 15.1. The molecule has 1 amide bonds. The molecule has 1 atom stereocenters. The van der Waals surface area contributed by atoms with E-state index < -0.39 is 12.0 Å². The molecule has 2 saturated carbocycles. The minimum absolute atomic E-state index is 0. The zero-order valence-electron chi connectivity index (χ0n) is 25.0. The van der Waals surface area contributed by atoms with Crippen LogP contribution in [0.15, 0.2) is 42.5 Å². The second-order valence-corrected chi connectivity index (χ2v) is 13.2. The Morgan fingerprint density at radius 1 is 0.929 bits per heavy atom. The molecule has 0 heterocycles. The number of aliphatic carboxylic acids is 1. The molecule has 2 aromatic carbocycles. The zero-order chi connectivity index (χ0) is 29.0. The van der Waals surface area contributed by atoms with E-state index in [1.165, 1.54) is 64.2 Å². The topological polar surface area (TPSA) is 75.6 Å². The van der Waals surface area contributed by atoms with Crippen LogP contribution in [0.5, 0.6) is 0 Å². The summed E-state index contributed by atoms with van der Waals surface area (Å²) in [6.45, 7) is 2.57. The summed E-state index contributed by atoms with van der Waals surface area (Å²) in [4.78, 5) is 25.3. The standard InChI is InChI=1S/C35H49NO4S.Li.H/c1-25-11-9-10-16-30(25)32-23-28(17-18-31(32)34(37)36-33(35(38)39)19-20-41-2)24-40-29(21-26-12-5-3-6-13-26)22-27-14-7-4-8-15-27;;/h9-11,16-18,23,26-27,29,33H,3-8,12-15,19-22,24H2,1-2H3,(H,36,37)(H,38,39);;/t33-;;/m0../s1. The molecule has 42 heavy (non-hydrogen) atoms. The van der Waals surface area contributed by atoms with E-state index >= 15 is 0 Å². The summed E-state index contributed by atoms with van der Waals surface area (Å²) < 4.78 is 6.71. The summed E-state index contributed by atoms with van der Waals surface area (Å²) in [5.41, 5.74) is 4.43. The second kappa shape index (κ2) is 18.2. The SMILES string of the molecule is CSCC[C@H](NC(=O)c1ccc(COC(CC2CCCCC2)CC2CCCCC2)cc1-c1ccccc1C)C(=O)O.[LiH]. The van der Waals surface area contributed by atoms with Gasteiger partial charge in [-0.15, -0.1) is 0 Å². The summed E-state index contributed by atoms with van der Waals surface area (Å²) in [5, 5.41) is 12.5. The van der Waals surface area contributed by atoms with Crippen molar-refractivity contribution in [3.05, 3.63) is 59.2 Å². The van der Waals surface area contributed by atoms with Crippen molar-refractivity contribution < 1.29 is 19.4 Å². The zero-order valence-corrected chi connectivity index (χ0v) is 25.9. The number of carboxylic acid groups (broad SMARTS) is 1. The van der Waals surface area contributed by atoms with E-state index in [9.17, 15) is 14.7 Å². The van der Waals surface area contributed by atoms with Gasteiger partial charge in [-0.25, -0.2) is 4.79 Å². The molecule has 2 aromatic rings. The first-order valence-electron chi connectivity index (χ1n) is 15.8. The minimum atomic E-state index is -1.00. The van der Waals surface area contributed by atoms with Crippen LogP contribution in [0.4, 0.5) is 0 Å². The number of thioether (sulfide) groups is 1. The van der Waals surface area contributed by atoms with Crippen molar-refractivity contribution in [1.82, 2.24) is 5.32 Å². The molecule has 0 spiro atoms. The molecule has 4 rings (SSSR count). The first-order valence-corrected chi connectivity index (χ1v) is 17.2. The number of benzene rings is 2. The number of carboxylic acids is 1. The molecule has 0 unspecified atom stereocenters. The number of hydrogen-bond donors (Lipinski definition) is 2. The van der Waals surface area contributed by atoms with Crippen LogP contribution < -0.4 is 5.32 Å². The van der Waals surface area contributed by atoms with Crippen molar-refractivity contribution in [2.24, 2.45) is 11.8 Å². The van der Waals surface area contributed by atoms with E-state index in [4.69, 9.17) is 4.74 Å². The summed E-state index contributed by atoms with van der Waals surface area (Å²) >= 11 is 1.57. The Bertz CT molecular complexity index is 1110. The molecule has 0 aliphatic heterocycles. The van der Waals surface area contributed by atoms with Gasteiger partial charge in [-0.2, -0.15) is 11.8 Å². The fourth-order valence-corrected chi connectivity index (χ4v) is 7.21. The van der Waals surface area contributed by atoms with E-state index in [1.54, 1.807) is 11.8 Å². The number of aryl methyl sites for hydroxylation is 1. The van der Waals surface area contributed by atoms with Crippen LogP contribution in [-0.4, -0.2) is 60.0 Å². The van der Waals surface area contributed by atoms with E-state index in [0.717, 1.165) is 46.9 Å². The third-order valence-electron chi connectivity index (χ3n) is 9.11. The van der Waals surface area contributed by atoms with Gasteiger partial charge in [-0.3, -0.25) is 4.79 Å². The molecule has 2 fully saturated rings. The first-order chi connectivity index (χ1) is 19.9.